The van der Waals surface area contributed by atoms with Gasteiger partial charge >= 0.3 is 12.1 Å². The molecule has 2 saturated heterocycles. The van der Waals surface area contributed by atoms with Crippen molar-refractivity contribution in [1.82, 2.24) is 10.2 Å². The van der Waals surface area contributed by atoms with Gasteiger partial charge in [-0.1, -0.05) is 45.1 Å². The fourth-order valence-electron chi connectivity index (χ4n) is 6.04. The maximum absolute atomic E-state index is 13.1. The molecule has 0 saturated carbocycles. The van der Waals surface area contributed by atoms with Crippen LogP contribution in [-0.2, 0) is 23.7 Å². The Kier molecular flexibility index (Phi) is 13.6. The van der Waals surface area contributed by atoms with Crippen LogP contribution >= 0.6 is 0 Å². The molecular formula is C34H56N2O9. The molecule has 0 spiro atoms. The Morgan fingerprint density at radius 3 is 2.64 bits per heavy atom. The standard InChI is InChI=1S/C34H56N2O9/c1-8-26(38)24(4)31-27(43-31)21-33(5,41)14-9-10-22(2)30-23(3)11-12-28(44-32(40)36-18-16-35-17-19-36)34(6,42-7)15-13-25(37)20-29(39)45-30/h9-12,14,23-28,30-31,35,37-38,41H,8,13,15-21H2,1-7H3/b12-11+,14-9+,22-10+/t23-,24+,25+,26-,27+,28?,30+,31+,33-,34+/m0/s1. The number of nitrogens with one attached hydrogen (secondary N) is 1. The minimum Gasteiger partial charge on any atom is -0.457 e. The summed E-state index contributed by atoms with van der Waals surface area (Å²) in [6.07, 6.45) is 6.95. The van der Waals surface area contributed by atoms with Crippen molar-refractivity contribution >= 4 is 12.1 Å². The van der Waals surface area contributed by atoms with Crippen LogP contribution in [-0.4, -0.2) is 113 Å². The van der Waals surface area contributed by atoms with Crippen LogP contribution < -0.4 is 5.32 Å². The molecule has 0 aromatic carbocycles. The summed E-state index contributed by atoms with van der Waals surface area (Å²) in [5, 5.41) is 35.0. The first-order valence-electron chi connectivity index (χ1n) is 16.4. The number of methoxy groups -OCH3 is 1. The van der Waals surface area contributed by atoms with E-state index in [4.69, 9.17) is 18.9 Å². The van der Waals surface area contributed by atoms with Gasteiger partial charge in [-0.15, -0.1) is 0 Å². The molecule has 1 unspecified atom stereocenters. The smallest absolute Gasteiger partial charge is 0.410 e. The second-order valence-electron chi connectivity index (χ2n) is 13.4. The molecule has 3 heterocycles. The van der Waals surface area contributed by atoms with Crippen LogP contribution in [0.1, 0.15) is 73.6 Å². The fraction of sp³-hybridized carbons (Fsp3) is 0.765. The molecule has 0 aromatic rings. The van der Waals surface area contributed by atoms with E-state index in [1.54, 1.807) is 43.2 Å². The number of hydrogen-bond donors (Lipinski definition) is 4. The number of aliphatic hydroxyl groups is 3. The van der Waals surface area contributed by atoms with Crippen LogP contribution in [0.15, 0.2) is 36.0 Å². The molecular weight excluding hydrogens is 580 g/mol. The number of allylic oxidation sites excluding steroid dienone is 2. The molecule has 4 N–H and O–H groups in total. The summed E-state index contributed by atoms with van der Waals surface area (Å²) < 4.78 is 23.5. The minimum absolute atomic E-state index is 0.00213. The average Bonchev–Trinajstić information content (AvgIpc) is 3.77. The first-order chi connectivity index (χ1) is 21.2. The highest BCUT2D eigenvalue weighted by molar-refractivity contribution is 5.70. The molecule has 11 heteroatoms. The number of aliphatic hydroxyl groups excluding tert-OH is 2. The molecule has 0 aliphatic carbocycles. The Balaban J connectivity index is 1.77. The Morgan fingerprint density at radius 2 is 2.00 bits per heavy atom. The number of cyclic esters (lactones) is 1. The first kappa shape index (κ1) is 37.2. The molecule has 3 aliphatic heterocycles. The zero-order valence-corrected chi connectivity index (χ0v) is 28.1. The van der Waals surface area contributed by atoms with Gasteiger partial charge in [-0.05, 0) is 51.7 Å². The van der Waals surface area contributed by atoms with Crippen molar-refractivity contribution in [3.63, 3.8) is 0 Å². The van der Waals surface area contributed by atoms with Gasteiger partial charge in [0.25, 0.3) is 0 Å². The summed E-state index contributed by atoms with van der Waals surface area (Å²) in [6.45, 7) is 13.7. The summed E-state index contributed by atoms with van der Waals surface area (Å²) in [7, 11) is 1.55. The van der Waals surface area contributed by atoms with Gasteiger partial charge in [0.05, 0.1) is 36.4 Å². The van der Waals surface area contributed by atoms with E-state index in [-0.39, 0.29) is 36.9 Å². The SMILES string of the molecule is CC[C@H](O)[C@@H](C)[C@H]1O[C@@H]1C[C@@](C)(O)/C=C/C=C(\C)[C@H]1OC(=O)C[C@H](O)CC[C@@](C)(OC)C(OC(=O)N2CCNCC2)/C=C/[C@@H]1C. The zero-order chi connectivity index (χ0) is 33.4. The van der Waals surface area contributed by atoms with Crippen molar-refractivity contribution in [3.8, 4) is 0 Å². The Morgan fingerprint density at radius 1 is 1.31 bits per heavy atom. The second kappa shape index (κ2) is 16.5. The summed E-state index contributed by atoms with van der Waals surface area (Å²) in [5.41, 5.74) is -1.34. The van der Waals surface area contributed by atoms with Gasteiger partial charge < -0.3 is 44.5 Å². The summed E-state index contributed by atoms with van der Waals surface area (Å²) >= 11 is 0. The predicted molar refractivity (Wildman–Crippen MR) is 170 cm³/mol. The van der Waals surface area contributed by atoms with E-state index in [0.717, 1.165) is 5.57 Å². The number of amides is 1. The molecule has 0 aromatic heterocycles. The van der Waals surface area contributed by atoms with Crippen molar-refractivity contribution in [3.05, 3.63) is 36.0 Å². The average molecular weight is 637 g/mol. The van der Waals surface area contributed by atoms with Gasteiger partial charge in [-0.3, -0.25) is 4.79 Å². The topological polar surface area (TPSA) is 150 Å². The molecule has 45 heavy (non-hydrogen) atoms. The molecule has 3 rings (SSSR count). The second-order valence-corrected chi connectivity index (χ2v) is 13.4. The van der Waals surface area contributed by atoms with Crippen molar-refractivity contribution in [2.45, 2.75) is 121 Å². The number of ether oxygens (including phenoxy) is 4. The quantitative estimate of drug-likeness (QED) is 0.122. The molecule has 0 radical (unpaired) electrons. The van der Waals surface area contributed by atoms with Crippen LogP contribution in [0.25, 0.3) is 0 Å². The number of piperazine rings is 1. The number of rotatable bonds is 10. The maximum atomic E-state index is 13.1. The van der Waals surface area contributed by atoms with Gasteiger partial charge in [0.15, 0.2) is 6.10 Å². The van der Waals surface area contributed by atoms with E-state index >= 15 is 0 Å². The van der Waals surface area contributed by atoms with Crippen LogP contribution in [0.3, 0.4) is 0 Å². The van der Waals surface area contributed by atoms with E-state index < -0.39 is 47.7 Å². The fourth-order valence-corrected chi connectivity index (χ4v) is 6.04. The molecule has 2 fully saturated rings. The monoisotopic (exact) mass is 636 g/mol. The van der Waals surface area contributed by atoms with Crippen LogP contribution in [0.2, 0.25) is 0 Å². The number of epoxide rings is 1. The van der Waals surface area contributed by atoms with Crippen molar-refractivity contribution in [1.29, 1.82) is 0 Å². The number of hydrogen-bond acceptors (Lipinski definition) is 10. The zero-order valence-electron chi connectivity index (χ0n) is 28.1. The molecule has 0 bridgehead atoms. The Hall–Kier alpha value is -2.28. The molecule has 10 atom stereocenters. The van der Waals surface area contributed by atoms with E-state index in [2.05, 4.69) is 5.32 Å². The van der Waals surface area contributed by atoms with E-state index in [9.17, 15) is 24.9 Å². The van der Waals surface area contributed by atoms with Crippen molar-refractivity contribution in [2.24, 2.45) is 11.8 Å². The lowest BCUT2D eigenvalue weighted by atomic mass is 9.88. The van der Waals surface area contributed by atoms with Gasteiger partial charge in [0.1, 0.15) is 11.7 Å². The lowest BCUT2D eigenvalue weighted by molar-refractivity contribution is -0.151. The van der Waals surface area contributed by atoms with Crippen LogP contribution in [0.5, 0.6) is 0 Å². The molecule has 3 aliphatic rings. The highest BCUT2D eigenvalue weighted by Gasteiger charge is 2.47. The minimum atomic E-state index is -1.14. The van der Waals surface area contributed by atoms with Gasteiger partial charge in [-0.25, -0.2) is 4.79 Å². The molecule has 1 amide bonds. The third-order valence-electron chi connectivity index (χ3n) is 9.42. The number of carbonyl (C=O) groups is 2. The number of carbonyl (C=O) groups excluding carboxylic acids is 2. The van der Waals surface area contributed by atoms with Gasteiger partial charge in [0, 0.05) is 51.5 Å². The lowest BCUT2D eigenvalue weighted by Crippen LogP contribution is -2.50. The highest BCUT2D eigenvalue weighted by Crippen LogP contribution is 2.37. The third kappa shape index (κ3) is 10.9. The van der Waals surface area contributed by atoms with Gasteiger partial charge in [-0.2, -0.15) is 0 Å². The maximum Gasteiger partial charge on any atom is 0.410 e. The molecule has 256 valence electrons. The van der Waals surface area contributed by atoms with E-state index in [1.165, 1.54) is 0 Å². The predicted octanol–water partition coefficient (Wildman–Crippen LogP) is 3.27. The summed E-state index contributed by atoms with van der Waals surface area (Å²) in [6, 6.07) is 0. The van der Waals surface area contributed by atoms with Gasteiger partial charge in [0.2, 0.25) is 0 Å². The normalized spacial score (nSPS) is 35.4. The number of esters is 1. The molecule has 11 nitrogen and oxygen atoms in total. The van der Waals surface area contributed by atoms with Crippen LogP contribution in [0, 0.1) is 11.8 Å². The van der Waals surface area contributed by atoms with E-state index in [1.807, 2.05) is 40.7 Å². The first-order valence-corrected chi connectivity index (χ1v) is 16.4. The highest BCUT2D eigenvalue weighted by atomic mass is 16.6. The van der Waals surface area contributed by atoms with Crippen LogP contribution in [0.4, 0.5) is 4.79 Å². The lowest BCUT2D eigenvalue weighted by Gasteiger charge is -2.37. The third-order valence-corrected chi connectivity index (χ3v) is 9.42. The summed E-state index contributed by atoms with van der Waals surface area (Å²) in [5.74, 6) is -0.833. The van der Waals surface area contributed by atoms with E-state index in [0.29, 0.717) is 45.4 Å². The Labute approximate surface area is 268 Å². The van der Waals surface area contributed by atoms with Crippen molar-refractivity contribution in [2.75, 3.05) is 33.3 Å². The largest absolute Gasteiger partial charge is 0.457 e. The summed E-state index contributed by atoms with van der Waals surface area (Å²) in [4.78, 5) is 27.6. The van der Waals surface area contributed by atoms with Crippen molar-refractivity contribution < 1.29 is 43.9 Å². The Bertz CT molecular complexity index is 1070. The number of nitrogens with zero attached hydrogens (tertiary/aromatic N) is 1.